The summed E-state index contributed by atoms with van der Waals surface area (Å²) < 4.78 is 13.3. The van der Waals surface area contributed by atoms with E-state index in [1.165, 1.54) is 14.2 Å². The van der Waals surface area contributed by atoms with Crippen molar-refractivity contribution in [2.75, 3.05) is 14.2 Å². The van der Waals surface area contributed by atoms with Gasteiger partial charge in [0.15, 0.2) is 5.83 Å². The molecule has 0 atom stereocenters. The Labute approximate surface area is 87.7 Å². The van der Waals surface area contributed by atoms with Gasteiger partial charge in [0.2, 0.25) is 0 Å². The molecule has 0 unspecified atom stereocenters. The molecule has 3 nitrogen and oxygen atoms in total. The molecule has 1 amide bonds. The standard InChI is InChI=1S/C11H12FNO2/c1-13(15-2)11(14)10(12)8-9-6-4-3-5-7-9/h3-8H,1-2H3/b10-8-. The van der Waals surface area contributed by atoms with E-state index >= 15 is 0 Å². The Morgan fingerprint density at radius 3 is 2.53 bits per heavy atom. The van der Waals surface area contributed by atoms with E-state index in [0.29, 0.717) is 5.56 Å². The summed E-state index contributed by atoms with van der Waals surface area (Å²) in [6.07, 6.45) is 1.16. The zero-order valence-corrected chi connectivity index (χ0v) is 8.61. The monoisotopic (exact) mass is 209 g/mol. The molecule has 0 radical (unpaired) electrons. The minimum Gasteiger partial charge on any atom is -0.274 e. The van der Waals surface area contributed by atoms with Crippen LogP contribution in [0.2, 0.25) is 0 Å². The van der Waals surface area contributed by atoms with E-state index in [9.17, 15) is 9.18 Å². The van der Waals surface area contributed by atoms with Gasteiger partial charge in [-0.25, -0.2) is 9.45 Å². The van der Waals surface area contributed by atoms with E-state index in [4.69, 9.17) is 0 Å². The zero-order chi connectivity index (χ0) is 11.3. The van der Waals surface area contributed by atoms with Crippen LogP contribution in [0.4, 0.5) is 4.39 Å². The third-order valence-corrected chi connectivity index (χ3v) is 1.86. The summed E-state index contributed by atoms with van der Waals surface area (Å²) in [7, 11) is 2.65. The molecule has 15 heavy (non-hydrogen) atoms. The first-order valence-electron chi connectivity index (χ1n) is 4.39. The molecular weight excluding hydrogens is 197 g/mol. The van der Waals surface area contributed by atoms with Crippen LogP contribution in [0.15, 0.2) is 36.2 Å². The van der Waals surface area contributed by atoms with Crippen LogP contribution in [-0.4, -0.2) is 25.1 Å². The predicted octanol–water partition coefficient (Wildman–Crippen LogP) is 2.02. The molecule has 0 aliphatic carbocycles. The summed E-state index contributed by atoms with van der Waals surface area (Å²) >= 11 is 0. The van der Waals surface area contributed by atoms with Crippen molar-refractivity contribution in [1.29, 1.82) is 0 Å². The number of halogens is 1. The van der Waals surface area contributed by atoms with Crippen molar-refractivity contribution in [2.24, 2.45) is 0 Å². The second-order valence-corrected chi connectivity index (χ2v) is 2.89. The average molecular weight is 209 g/mol. The Bertz CT molecular complexity index is 362. The maximum atomic E-state index is 13.3. The minimum atomic E-state index is -0.856. The maximum absolute atomic E-state index is 13.3. The molecule has 1 rings (SSSR count). The van der Waals surface area contributed by atoms with E-state index in [1.807, 2.05) is 6.07 Å². The summed E-state index contributed by atoms with van der Waals surface area (Å²) in [5.74, 6) is -1.66. The third kappa shape index (κ3) is 3.18. The van der Waals surface area contributed by atoms with Gasteiger partial charge in [0, 0.05) is 7.05 Å². The first-order chi connectivity index (χ1) is 7.15. The Morgan fingerprint density at radius 1 is 1.40 bits per heavy atom. The second kappa shape index (κ2) is 5.26. The van der Waals surface area contributed by atoms with Gasteiger partial charge in [-0.1, -0.05) is 30.3 Å². The summed E-state index contributed by atoms with van der Waals surface area (Å²) in [6, 6.07) is 8.77. The highest BCUT2D eigenvalue weighted by Crippen LogP contribution is 2.09. The molecule has 1 aromatic carbocycles. The molecular formula is C11H12FNO2. The van der Waals surface area contributed by atoms with Crippen LogP contribution in [0.3, 0.4) is 0 Å². The first-order valence-corrected chi connectivity index (χ1v) is 4.39. The van der Waals surface area contributed by atoms with Crippen molar-refractivity contribution in [3.63, 3.8) is 0 Å². The van der Waals surface area contributed by atoms with Crippen LogP contribution in [0, 0.1) is 0 Å². The van der Waals surface area contributed by atoms with E-state index < -0.39 is 11.7 Å². The summed E-state index contributed by atoms with van der Waals surface area (Å²) in [6.45, 7) is 0. The molecule has 4 heteroatoms. The van der Waals surface area contributed by atoms with Crippen molar-refractivity contribution in [3.05, 3.63) is 41.7 Å². The summed E-state index contributed by atoms with van der Waals surface area (Å²) in [4.78, 5) is 15.8. The van der Waals surface area contributed by atoms with Gasteiger partial charge in [0.1, 0.15) is 0 Å². The Kier molecular flexibility index (Phi) is 4.00. The molecule has 0 heterocycles. The summed E-state index contributed by atoms with van der Waals surface area (Å²) in [5, 5.41) is 0.828. The van der Waals surface area contributed by atoms with Crippen molar-refractivity contribution >= 4 is 12.0 Å². The summed E-state index contributed by atoms with van der Waals surface area (Å²) in [5.41, 5.74) is 0.632. The Morgan fingerprint density at radius 2 is 2.00 bits per heavy atom. The van der Waals surface area contributed by atoms with Gasteiger partial charge >= 0.3 is 5.91 Å². The van der Waals surface area contributed by atoms with Gasteiger partial charge in [0.05, 0.1) is 7.11 Å². The van der Waals surface area contributed by atoms with Crippen LogP contribution < -0.4 is 0 Å². The SMILES string of the molecule is CON(C)C(=O)/C(F)=C/c1ccccc1. The topological polar surface area (TPSA) is 29.5 Å². The van der Waals surface area contributed by atoms with Crippen LogP contribution in [0.25, 0.3) is 6.08 Å². The molecule has 0 saturated carbocycles. The quantitative estimate of drug-likeness (QED) is 0.563. The third-order valence-electron chi connectivity index (χ3n) is 1.86. The number of likely N-dealkylation sites (N-methyl/N-ethyl adjacent to an activating group) is 1. The molecule has 0 aliphatic rings. The highest BCUT2D eigenvalue weighted by molar-refractivity contribution is 5.94. The molecule has 0 bridgehead atoms. The zero-order valence-electron chi connectivity index (χ0n) is 8.61. The van der Waals surface area contributed by atoms with Gasteiger partial charge in [-0.15, -0.1) is 0 Å². The largest absolute Gasteiger partial charge is 0.305 e. The lowest BCUT2D eigenvalue weighted by Gasteiger charge is -2.11. The normalized spacial score (nSPS) is 11.3. The molecule has 0 spiro atoms. The molecule has 0 N–H and O–H groups in total. The molecule has 0 aromatic heterocycles. The number of carbonyl (C=O) groups is 1. The van der Waals surface area contributed by atoms with Gasteiger partial charge in [-0.05, 0) is 11.6 Å². The fraction of sp³-hybridized carbons (Fsp3) is 0.182. The van der Waals surface area contributed by atoms with Crippen molar-refractivity contribution in [2.45, 2.75) is 0 Å². The van der Waals surface area contributed by atoms with Gasteiger partial charge in [0.25, 0.3) is 0 Å². The number of carbonyl (C=O) groups excluding carboxylic acids is 1. The lowest BCUT2D eigenvalue weighted by molar-refractivity contribution is -0.165. The van der Waals surface area contributed by atoms with E-state index in [-0.39, 0.29) is 0 Å². The number of rotatable bonds is 3. The fourth-order valence-electron chi connectivity index (χ4n) is 0.991. The number of nitrogens with zero attached hydrogens (tertiary/aromatic N) is 1. The Balaban J connectivity index is 2.81. The van der Waals surface area contributed by atoms with E-state index in [1.54, 1.807) is 24.3 Å². The maximum Gasteiger partial charge on any atom is 0.305 e. The lowest BCUT2D eigenvalue weighted by Crippen LogP contribution is -2.25. The van der Waals surface area contributed by atoms with Gasteiger partial charge in [-0.2, -0.15) is 0 Å². The number of hydrogen-bond donors (Lipinski definition) is 0. The predicted molar refractivity (Wildman–Crippen MR) is 55.3 cm³/mol. The fourth-order valence-corrected chi connectivity index (χ4v) is 0.991. The van der Waals surface area contributed by atoms with Crippen LogP contribution in [0.1, 0.15) is 5.56 Å². The molecule has 0 saturated heterocycles. The number of hydrogen-bond acceptors (Lipinski definition) is 2. The van der Waals surface area contributed by atoms with Crippen LogP contribution in [-0.2, 0) is 9.63 Å². The van der Waals surface area contributed by atoms with E-state index in [2.05, 4.69) is 4.84 Å². The van der Waals surface area contributed by atoms with Gasteiger partial charge in [-0.3, -0.25) is 9.63 Å². The smallest absolute Gasteiger partial charge is 0.274 e. The van der Waals surface area contributed by atoms with Crippen molar-refractivity contribution < 1.29 is 14.0 Å². The molecule has 1 aromatic rings. The lowest BCUT2D eigenvalue weighted by atomic mass is 10.2. The number of hydroxylamine groups is 2. The van der Waals surface area contributed by atoms with E-state index in [0.717, 1.165) is 11.1 Å². The average Bonchev–Trinajstić information content (AvgIpc) is 2.28. The highest BCUT2D eigenvalue weighted by Gasteiger charge is 2.13. The minimum absolute atomic E-state index is 0.632. The van der Waals surface area contributed by atoms with Crippen LogP contribution >= 0.6 is 0 Å². The highest BCUT2D eigenvalue weighted by atomic mass is 19.1. The number of amides is 1. The Hall–Kier alpha value is -1.68. The van der Waals surface area contributed by atoms with Gasteiger partial charge < -0.3 is 0 Å². The van der Waals surface area contributed by atoms with Crippen molar-refractivity contribution in [3.8, 4) is 0 Å². The van der Waals surface area contributed by atoms with Crippen molar-refractivity contribution in [1.82, 2.24) is 5.06 Å². The molecule has 0 fully saturated rings. The van der Waals surface area contributed by atoms with Crippen LogP contribution in [0.5, 0.6) is 0 Å². The number of benzene rings is 1. The second-order valence-electron chi connectivity index (χ2n) is 2.89. The first kappa shape index (κ1) is 11.4. The molecule has 80 valence electrons. The molecule has 0 aliphatic heterocycles.